The van der Waals surface area contributed by atoms with Crippen LogP contribution < -0.4 is 0 Å². The predicted molar refractivity (Wildman–Crippen MR) is 126 cm³/mol. The van der Waals surface area contributed by atoms with Crippen molar-refractivity contribution >= 4 is 21.7 Å². The molecule has 0 unspecified atom stereocenters. The number of nitrogens with zero attached hydrogens (tertiary/aromatic N) is 1. The van der Waals surface area contributed by atoms with E-state index in [9.17, 15) is 13.5 Å². The second-order valence-corrected chi connectivity index (χ2v) is 8.70. The normalized spacial score (nSPS) is 11.0. The van der Waals surface area contributed by atoms with Gasteiger partial charge in [0.15, 0.2) is 9.84 Å². The summed E-state index contributed by atoms with van der Waals surface area (Å²) in [5.41, 5.74) is 2.41. The van der Waals surface area contributed by atoms with E-state index in [1.54, 1.807) is 42.6 Å². The zero-order valence-electron chi connectivity index (χ0n) is 16.9. The standard InChI is InChI=1S/C13H11NO.C13H12O2S/c15-13-9-5-4-6-11(13)10-14-12-7-2-1-3-8-12;14-16(15,13-9-5-2-6-10-13)11-12-7-3-1-4-8-12/h1-10,15H;1-10H,11H2. The third-order valence-electron chi connectivity index (χ3n) is 4.35. The highest BCUT2D eigenvalue weighted by atomic mass is 32.2. The summed E-state index contributed by atoms with van der Waals surface area (Å²) in [6.45, 7) is 0. The van der Waals surface area contributed by atoms with Crippen molar-refractivity contribution in [2.75, 3.05) is 0 Å². The Morgan fingerprint density at radius 2 is 1.19 bits per heavy atom. The zero-order chi connectivity index (χ0) is 21.9. The minimum absolute atomic E-state index is 0.0534. The average molecular weight is 430 g/mol. The third-order valence-corrected chi connectivity index (χ3v) is 6.05. The van der Waals surface area contributed by atoms with Gasteiger partial charge in [-0.15, -0.1) is 0 Å². The number of hydrogen-bond acceptors (Lipinski definition) is 4. The van der Waals surface area contributed by atoms with Gasteiger partial charge in [-0.2, -0.15) is 0 Å². The Hall–Kier alpha value is -3.70. The monoisotopic (exact) mass is 429 g/mol. The van der Waals surface area contributed by atoms with Gasteiger partial charge in [0.25, 0.3) is 0 Å². The number of sulfone groups is 1. The molecule has 0 radical (unpaired) electrons. The molecule has 0 heterocycles. The third kappa shape index (κ3) is 6.94. The molecule has 5 heteroatoms. The number of rotatable bonds is 5. The minimum Gasteiger partial charge on any atom is -0.507 e. The number of aromatic hydroxyl groups is 1. The van der Waals surface area contributed by atoms with Crippen molar-refractivity contribution in [2.45, 2.75) is 10.6 Å². The molecule has 0 bridgehead atoms. The van der Waals surface area contributed by atoms with E-state index in [0.29, 0.717) is 4.90 Å². The number of phenols is 1. The van der Waals surface area contributed by atoms with Crippen molar-refractivity contribution in [1.82, 2.24) is 0 Å². The van der Waals surface area contributed by atoms with Gasteiger partial charge in [0, 0.05) is 11.8 Å². The molecule has 0 aliphatic carbocycles. The van der Waals surface area contributed by atoms with Crippen LogP contribution in [0.1, 0.15) is 11.1 Å². The van der Waals surface area contributed by atoms with Crippen molar-refractivity contribution in [2.24, 2.45) is 4.99 Å². The molecule has 0 aliphatic heterocycles. The lowest BCUT2D eigenvalue weighted by Crippen LogP contribution is -2.04. The van der Waals surface area contributed by atoms with Crippen LogP contribution in [0.15, 0.2) is 125 Å². The highest BCUT2D eigenvalue weighted by molar-refractivity contribution is 7.90. The van der Waals surface area contributed by atoms with Crippen molar-refractivity contribution < 1.29 is 13.5 Å². The fraction of sp³-hybridized carbons (Fsp3) is 0.0385. The SMILES string of the molecule is O=S(=O)(Cc1ccccc1)c1ccccc1.Oc1ccccc1C=Nc1ccccc1. The van der Waals surface area contributed by atoms with Crippen LogP contribution in [-0.4, -0.2) is 19.7 Å². The molecule has 0 aliphatic rings. The van der Waals surface area contributed by atoms with Crippen LogP contribution in [0.5, 0.6) is 5.75 Å². The van der Waals surface area contributed by atoms with E-state index in [1.807, 2.05) is 78.9 Å². The maximum absolute atomic E-state index is 12.0. The molecule has 0 fully saturated rings. The Morgan fingerprint density at radius 3 is 1.81 bits per heavy atom. The van der Waals surface area contributed by atoms with Crippen LogP contribution in [0, 0.1) is 0 Å². The fourth-order valence-electron chi connectivity index (χ4n) is 2.76. The van der Waals surface area contributed by atoms with Crippen LogP contribution >= 0.6 is 0 Å². The summed E-state index contributed by atoms with van der Waals surface area (Å²) >= 11 is 0. The number of hydrogen-bond donors (Lipinski definition) is 1. The summed E-state index contributed by atoms with van der Waals surface area (Å²) in [5, 5.41) is 9.50. The van der Waals surface area contributed by atoms with Gasteiger partial charge < -0.3 is 5.11 Å². The van der Waals surface area contributed by atoms with Crippen LogP contribution in [0.25, 0.3) is 0 Å². The Balaban J connectivity index is 0.000000176. The molecule has 0 spiro atoms. The van der Waals surface area contributed by atoms with Gasteiger partial charge in [0.2, 0.25) is 0 Å². The molecule has 4 aromatic carbocycles. The molecule has 4 nitrogen and oxygen atoms in total. The van der Waals surface area contributed by atoms with Gasteiger partial charge in [-0.05, 0) is 42.0 Å². The summed E-state index contributed by atoms with van der Waals surface area (Å²) in [7, 11) is -3.21. The lowest BCUT2D eigenvalue weighted by molar-refractivity contribution is 0.474. The van der Waals surface area contributed by atoms with Crippen LogP contribution in [0.2, 0.25) is 0 Å². The second-order valence-electron chi connectivity index (χ2n) is 6.71. The van der Waals surface area contributed by atoms with E-state index in [4.69, 9.17) is 0 Å². The molecule has 1 N–H and O–H groups in total. The van der Waals surface area contributed by atoms with Gasteiger partial charge in [-0.3, -0.25) is 4.99 Å². The molecule has 4 aromatic rings. The van der Waals surface area contributed by atoms with Crippen LogP contribution in [0.4, 0.5) is 5.69 Å². The topological polar surface area (TPSA) is 66.7 Å². The highest BCUT2D eigenvalue weighted by Crippen LogP contribution is 2.16. The maximum Gasteiger partial charge on any atom is 0.182 e. The van der Waals surface area contributed by atoms with Crippen molar-refractivity contribution in [3.63, 3.8) is 0 Å². The molecule has 0 saturated heterocycles. The summed E-state index contributed by atoms with van der Waals surface area (Å²) < 4.78 is 24.0. The van der Waals surface area contributed by atoms with Gasteiger partial charge >= 0.3 is 0 Å². The van der Waals surface area contributed by atoms with E-state index in [1.165, 1.54) is 0 Å². The molecule has 31 heavy (non-hydrogen) atoms. The number of aliphatic imine (C=N–C) groups is 1. The van der Waals surface area contributed by atoms with Gasteiger partial charge in [-0.25, -0.2) is 8.42 Å². The number of benzene rings is 4. The van der Waals surface area contributed by atoms with Gasteiger partial charge in [-0.1, -0.05) is 78.9 Å². The Morgan fingerprint density at radius 1 is 0.677 bits per heavy atom. The second kappa shape index (κ2) is 10.9. The maximum atomic E-state index is 12.0. The Kier molecular flexibility index (Phi) is 7.73. The molecule has 156 valence electrons. The zero-order valence-corrected chi connectivity index (χ0v) is 17.7. The van der Waals surface area contributed by atoms with Crippen molar-refractivity contribution in [3.8, 4) is 5.75 Å². The molecule has 0 saturated carbocycles. The summed E-state index contributed by atoms with van der Waals surface area (Å²) in [4.78, 5) is 4.63. The summed E-state index contributed by atoms with van der Waals surface area (Å²) in [6.07, 6.45) is 1.66. The van der Waals surface area contributed by atoms with Crippen LogP contribution in [0.3, 0.4) is 0 Å². The van der Waals surface area contributed by atoms with Gasteiger partial charge in [0.05, 0.1) is 16.3 Å². The van der Waals surface area contributed by atoms with E-state index in [-0.39, 0.29) is 11.5 Å². The first-order chi connectivity index (χ1) is 15.0. The highest BCUT2D eigenvalue weighted by Gasteiger charge is 2.14. The first kappa shape index (κ1) is 22.0. The number of phenolic OH excluding ortho intramolecular Hbond substituents is 1. The summed E-state index contributed by atoms with van der Waals surface area (Å²) in [5.74, 6) is 0.301. The fourth-order valence-corrected chi connectivity index (χ4v) is 4.13. The van der Waals surface area contributed by atoms with E-state index in [0.717, 1.165) is 16.8 Å². The largest absolute Gasteiger partial charge is 0.507 e. The predicted octanol–water partition coefficient (Wildman–Crippen LogP) is 5.80. The number of para-hydroxylation sites is 2. The van der Waals surface area contributed by atoms with E-state index < -0.39 is 9.84 Å². The van der Waals surface area contributed by atoms with E-state index >= 15 is 0 Å². The molecule has 0 atom stereocenters. The van der Waals surface area contributed by atoms with E-state index in [2.05, 4.69) is 4.99 Å². The summed E-state index contributed by atoms with van der Waals surface area (Å²) in [6, 6.07) is 34.5. The van der Waals surface area contributed by atoms with Gasteiger partial charge in [0.1, 0.15) is 5.75 Å². The smallest absolute Gasteiger partial charge is 0.182 e. The quantitative estimate of drug-likeness (QED) is 0.408. The first-order valence-corrected chi connectivity index (χ1v) is 11.4. The average Bonchev–Trinajstić information content (AvgIpc) is 2.81. The molecule has 4 rings (SSSR count). The Bertz CT molecular complexity index is 1210. The van der Waals surface area contributed by atoms with Crippen molar-refractivity contribution in [3.05, 3.63) is 126 Å². The first-order valence-electron chi connectivity index (χ1n) is 9.73. The molecule has 0 amide bonds. The van der Waals surface area contributed by atoms with Crippen LogP contribution in [-0.2, 0) is 15.6 Å². The minimum atomic E-state index is -3.21. The molecular formula is C26H23NO3S. The Labute approximate surface area is 183 Å². The molecular weight excluding hydrogens is 406 g/mol. The molecule has 0 aromatic heterocycles. The lowest BCUT2D eigenvalue weighted by atomic mass is 10.2. The lowest BCUT2D eigenvalue weighted by Gasteiger charge is -2.03. The van der Waals surface area contributed by atoms with Crippen molar-refractivity contribution in [1.29, 1.82) is 0 Å².